The van der Waals surface area contributed by atoms with Crippen molar-refractivity contribution in [3.8, 4) is 11.5 Å². The highest BCUT2D eigenvalue weighted by atomic mass is 16.5. The number of pyridine rings is 1. The molecule has 2 saturated carbocycles. The number of hydrogen-bond donors (Lipinski definition) is 3. The number of carbonyl (C=O) groups excluding carboxylic acids is 1. The standard InChI is InChI=1S/C33H35N3O4/c37-26-9-8-24-18-27-33(39)13-10-25(35-31(38)23-11-15-34-16-12-23)30-32(33,28(24)29(26)40-30)14-17-36(27,20-22-6-7-22)19-21-4-2-1-3-5-21/h1-5,8-9,11-12,15-16,22,25,27,30,39H,6-7,10,13-14,17-20H2,(H-,35,37,38)/p+1/t25-,27-,30+,32?,33-,36+/m1/s1. The van der Waals surface area contributed by atoms with Crippen molar-refractivity contribution in [3.63, 3.8) is 0 Å². The fraction of sp³-hybridized carbons (Fsp3) is 0.455. The third-order valence-corrected chi connectivity index (χ3v) is 10.9. The molecule has 2 aromatic carbocycles. The van der Waals surface area contributed by atoms with Crippen LogP contribution in [0.25, 0.3) is 0 Å². The second-order valence-electron chi connectivity index (χ2n) is 12.9. The summed E-state index contributed by atoms with van der Waals surface area (Å²) >= 11 is 0. The molecule has 1 amide bonds. The fourth-order valence-electron chi connectivity index (χ4n) is 9.06. The molecule has 3 aromatic rings. The van der Waals surface area contributed by atoms with Gasteiger partial charge in [0.15, 0.2) is 11.5 Å². The minimum atomic E-state index is -0.997. The highest BCUT2D eigenvalue weighted by Crippen LogP contribution is 2.67. The van der Waals surface area contributed by atoms with Crippen molar-refractivity contribution in [1.29, 1.82) is 0 Å². The Labute approximate surface area is 234 Å². The number of quaternary nitrogens is 1. The van der Waals surface area contributed by atoms with Crippen LogP contribution in [0.5, 0.6) is 11.5 Å². The Morgan fingerprint density at radius 3 is 2.62 bits per heavy atom. The predicted octanol–water partition coefficient (Wildman–Crippen LogP) is 3.86. The Hall–Kier alpha value is -3.42. The Balaban J connectivity index is 1.24. The Morgan fingerprint density at radius 2 is 1.85 bits per heavy atom. The molecule has 7 nitrogen and oxygen atoms in total. The van der Waals surface area contributed by atoms with E-state index in [0.717, 1.165) is 42.5 Å². The van der Waals surface area contributed by atoms with Crippen LogP contribution in [-0.4, -0.2) is 62.5 Å². The second kappa shape index (κ2) is 8.54. The van der Waals surface area contributed by atoms with Crippen molar-refractivity contribution in [1.82, 2.24) is 10.3 Å². The highest BCUT2D eigenvalue weighted by Gasteiger charge is 2.77. The van der Waals surface area contributed by atoms with Gasteiger partial charge in [0.25, 0.3) is 5.91 Å². The van der Waals surface area contributed by atoms with E-state index >= 15 is 0 Å². The number of phenols is 1. The van der Waals surface area contributed by atoms with Crippen LogP contribution in [0.15, 0.2) is 67.0 Å². The van der Waals surface area contributed by atoms with Crippen LogP contribution < -0.4 is 10.1 Å². The van der Waals surface area contributed by atoms with E-state index in [1.807, 2.05) is 6.07 Å². The first-order valence-electron chi connectivity index (χ1n) is 14.8. The lowest BCUT2D eigenvalue weighted by Gasteiger charge is -2.66. The summed E-state index contributed by atoms with van der Waals surface area (Å²) in [6, 6.07) is 17.7. The Kier molecular flexibility index (Phi) is 5.21. The van der Waals surface area contributed by atoms with Gasteiger partial charge in [-0.3, -0.25) is 9.78 Å². The summed E-state index contributed by atoms with van der Waals surface area (Å²) in [6.07, 6.45) is 8.08. The average molecular weight is 539 g/mol. The van der Waals surface area contributed by atoms with Crippen molar-refractivity contribution in [2.24, 2.45) is 5.92 Å². The third kappa shape index (κ3) is 3.31. The van der Waals surface area contributed by atoms with Crippen LogP contribution in [0.4, 0.5) is 0 Å². The van der Waals surface area contributed by atoms with Crippen LogP contribution in [0, 0.1) is 5.92 Å². The molecule has 8 rings (SSSR count). The van der Waals surface area contributed by atoms with Gasteiger partial charge in [-0.25, -0.2) is 0 Å². The quantitative estimate of drug-likeness (QED) is 0.415. The van der Waals surface area contributed by atoms with Crippen molar-refractivity contribution >= 4 is 5.91 Å². The van der Waals surface area contributed by atoms with E-state index < -0.39 is 17.1 Å². The first-order chi connectivity index (χ1) is 19.4. The fourth-order valence-corrected chi connectivity index (χ4v) is 9.06. The maximum atomic E-state index is 13.3. The molecule has 1 unspecified atom stereocenters. The number of likely N-dealkylation sites (tertiary alicyclic amines) is 1. The normalized spacial score (nSPS) is 35.0. The zero-order valence-electron chi connectivity index (χ0n) is 22.6. The Bertz CT molecular complexity index is 1480. The molecule has 1 spiro atoms. The van der Waals surface area contributed by atoms with Gasteiger partial charge in [-0.2, -0.15) is 0 Å². The van der Waals surface area contributed by atoms with Gasteiger partial charge in [0, 0.05) is 47.8 Å². The van der Waals surface area contributed by atoms with Crippen LogP contribution >= 0.6 is 0 Å². The molecular formula is C33H36N3O4+. The first-order valence-corrected chi connectivity index (χ1v) is 14.8. The summed E-state index contributed by atoms with van der Waals surface area (Å²) < 4.78 is 7.55. The lowest BCUT2D eigenvalue weighted by Crippen LogP contribution is -2.82. The third-order valence-electron chi connectivity index (χ3n) is 10.9. The molecule has 3 fully saturated rings. The summed E-state index contributed by atoms with van der Waals surface area (Å²) in [5, 5.41) is 27.3. The smallest absolute Gasteiger partial charge is 0.251 e. The van der Waals surface area contributed by atoms with Gasteiger partial charge in [0.05, 0.1) is 24.5 Å². The van der Waals surface area contributed by atoms with Crippen molar-refractivity contribution in [2.75, 3.05) is 13.1 Å². The van der Waals surface area contributed by atoms with Crippen LogP contribution in [0.2, 0.25) is 0 Å². The van der Waals surface area contributed by atoms with Gasteiger partial charge < -0.3 is 24.7 Å². The number of nitrogens with zero attached hydrogens (tertiary/aromatic N) is 2. The average Bonchev–Trinajstić information content (AvgIpc) is 3.70. The molecule has 2 bridgehead atoms. The number of aromatic hydroxyl groups is 1. The van der Waals surface area contributed by atoms with Gasteiger partial charge in [-0.1, -0.05) is 36.4 Å². The van der Waals surface area contributed by atoms with Gasteiger partial charge in [0.2, 0.25) is 0 Å². The maximum absolute atomic E-state index is 13.3. The lowest BCUT2D eigenvalue weighted by molar-refractivity contribution is -0.979. The Morgan fingerprint density at radius 1 is 1.05 bits per heavy atom. The summed E-state index contributed by atoms with van der Waals surface area (Å²) in [5.74, 6) is 1.18. The van der Waals surface area contributed by atoms with E-state index in [9.17, 15) is 15.0 Å². The number of benzene rings is 2. The molecule has 0 radical (unpaired) electrons. The molecule has 3 N–H and O–H groups in total. The second-order valence-corrected chi connectivity index (χ2v) is 12.9. The molecule has 6 atom stereocenters. The maximum Gasteiger partial charge on any atom is 0.251 e. The molecule has 206 valence electrons. The highest BCUT2D eigenvalue weighted by molar-refractivity contribution is 5.94. The van der Waals surface area contributed by atoms with Crippen molar-refractivity contribution < 1.29 is 24.2 Å². The number of amides is 1. The zero-order chi connectivity index (χ0) is 27.1. The van der Waals surface area contributed by atoms with E-state index in [1.165, 1.54) is 24.0 Å². The van der Waals surface area contributed by atoms with Crippen LogP contribution in [-0.2, 0) is 18.4 Å². The molecule has 3 aliphatic carbocycles. The predicted molar refractivity (Wildman–Crippen MR) is 149 cm³/mol. The molecule has 40 heavy (non-hydrogen) atoms. The number of aliphatic hydroxyl groups is 1. The number of carbonyl (C=O) groups is 1. The number of phenolic OH excluding ortho intramolecular Hbond substituents is 1. The molecular weight excluding hydrogens is 502 g/mol. The van der Waals surface area contributed by atoms with Crippen molar-refractivity contribution in [2.45, 2.75) is 74.3 Å². The number of ether oxygens (including phenoxy) is 1. The zero-order valence-corrected chi connectivity index (χ0v) is 22.6. The van der Waals surface area contributed by atoms with Gasteiger partial charge >= 0.3 is 0 Å². The summed E-state index contributed by atoms with van der Waals surface area (Å²) in [4.78, 5) is 17.3. The van der Waals surface area contributed by atoms with Crippen LogP contribution in [0.1, 0.15) is 59.2 Å². The van der Waals surface area contributed by atoms with E-state index in [1.54, 1.807) is 30.6 Å². The number of aromatic nitrogens is 1. The first kappa shape index (κ1) is 24.4. The molecule has 1 aromatic heterocycles. The molecule has 5 aliphatic rings. The van der Waals surface area contributed by atoms with Gasteiger partial charge in [-0.05, 0) is 49.4 Å². The topological polar surface area (TPSA) is 91.7 Å². The van der Waals surface area contributed by atoms with Crippen LogP contribution in [0.3, 0.4) is 0 Å². The van der Waals surface area contributed by atoms with E-state index in [0.29, 0.717) is 30.1 Å². The minimum absolute atomic E-state index is 0.0213. The number of hydrogen-bond acceptors (Lipinski definition) is 5. The molecule has 1 saturated heterocycles. The molecule has 3 heterocycles. The van der Waals surface area contributed by atoms with Gasteiger partial charge in [0.1, 0.15) is 24.3 Å². The SMILES string of the molecule is O=C(N[C@@H]1CC[C@@]2(O)[C@H]3Cc4ccc(O)c5c4C2(CC[N@+]3(Cc2ccccc2)CC2CC2)[C@H]1O5)c1ccncc1. The minimum Gasteiger partial charge on any atom is -0.504 e. The molecule has 7 heteroatoms. The van der Waals surface area contributed by atoms with E-state index in [4.69, 9.17) is 4.74 Å². The van der Waals surface area contributed by atoms with E-state index in [-0.39, 0.29) is 23.7 Å². The number of nitrogens with one attached hydrogen (secondary N) is 1. The summed E-state index contributed by atoms with van der Waals surface area (Å²) in [7, 11) is 0. The number of rotatable bonds is 6. The monoisotopic (exact) mass is 538 g/mol. The molecule has 2 aliphatic heterocycles. The van der Waals surface area contributed by atoms with E-state index in [2.05, 4.69) is 40.6 Å². The largest absolute Gasteiger partial charge is 0.504 e. The van der Waals surface area contributed by atoms with Gasteiger partial charge in [-0.15, -0.1) is 0 Å². The number of piperidine rings is 1. The van der Waals surface area contributed by atoms with Crippen molar-refractivity contribution in [3.05, 3.63) is 89.2 Å². The summed E-state index contributed by atoms with van der Waals surface area (Å²) in [6.45, 7) is 2.94. The lowest BCUT2D eigenvalue weighted by atomic mass is 9.47. The summed E-state index contributed by atoms with van der Waals surface area (Å²) in [5.41, 5.74) is 2.37.